The minimum Gasteiger partial charge on any atom is -0.370 e. The third-order valence-corrected chi connectivity index (χ3v) is 3.20. The molecule has 0 unspecified atom stereocenters. The average molecular weight is 306 g/mol. The van der Waals surface area contributed by atoms with Crippen molar-refractivity contribution in [3.63, 3.8) is 0 Å². The minimum absolute atomic E-state index is 0.00492. The predicted molar refractivity (Wildman–Crippen MR) is 89.2 cm³/mol. The largest absolute Gasteiger partial charge is 0.370 e. The number of hydrogen-bond acceptors (Lipinski definition) is 3. The Hall–Kier alpha value is -2.24. The van der Waals surface area contributed by atoms with Crippen LogP contribution in [0.1, 0.15) is 19.4 Å². The second kappa shape index (κ2) is 9.65. The van der Waals surface area contributed by atoms with E-state index in [1.807, 2.05) is 13.0 Å². The number of anilines is 1. The molecule has 0 radical (unpaired) electrons. The van der Waals surface area contributed by atoms with E-state index < -0.39 is 0 Å². The van der Waals surface area contributed by atoms with Crippen molar-refractivity contribution in [1.82, 2.24) is 16.0 Å². The Bertz CT molecular complexity index is 491. The van der Waals surface area contributed by atoms with Crippen molar-refractivity contribution in [2.45, 2.75) is 20.8 Å². The molecule has 0 aliphatic carbocycles. The Kier molecular flexibility index (Phi) is 7.81. The number of likely N-dealkylation sites (N-methyl/N-ethyl adjacent to an activating group) is 2. The van der Waals surface area contributed by atoms with Gasteiger partial charge in [-0.15, -0.1) is 0 Å². The van der Waals surface area contributed by atoms with E-state index in [0.717, 1.165) is 12.2 Å². The second-order valence-electron chi connectivity index (χ2n) is 4.98. The van der Waals surface area contributed by atoms with E-state index in [9.17, 15) is 9.59 Å². The summed E-state index contributed by atoms with van der Waals surface area (Å²) < 4.78 is 0. The summed E-state index contributed by atoms with van der Waals surface area (Å²) in [6.07, 6.45) is 0. The van der Waals surface area contributed by atoms with Gasteiger partial charge in [-0.05, 0) is 38.5 Å². The van der Waals surface area contributed by atoms with Crippen LogP contribution in [0.25, 0.3) is 0 Å². The molecule has 0 bridgehead atoms. The maximum Gasteiger partial charge on any atom is 0.315 e. The number of urea groups is 1. The summed E-state index contributed by atoms with van der Waals surface area (Å²) in [7, 11) is 0. The molecule has 6 heteroatoms. The highest BCUT2D eigenvalue weighted by Crippen LogP contribution is 2.14. The maximum atomic E-state index is 11.6. The SMILES string of the molecule is CCNC(=O)CNC(=O)NCCN(CC)c1cccc(C)c1. The fraction of sp³-hybridized carbons (Fsp3) is 0.500. The van der Waals surface area contributed by atoms with Crippen LogP contribution in [0.5, 0.6) is 0 Å². The lowest BCUT2D eigenvalue weighted by atomic mass is 10.2. The van der Waals surface area contributed by atoms with E-state index in [1.165, 1.54) is 5.56 Å². The topological polar surface area (TPSA) is 73.5 Å². The first-order valence-corrected chi connectivity index (χ1v) is 7.66. The van der Waals surface area contributed by atoms with Crippen molar-refractivity contribution in [1.29, 1.82) is 0 Å². The molecular weight excluding hydrogens is 280 g/mol. The molecule has 0 heterocycles. The third kappa shape index (κ3) is 6.47. The molecule has 1 rings (SSSR count). The molecule has 0 spiro atoms. The monoisotopic (exact) mass is 306 g/mol. The van der Waals surface area contributed by atoms with Crippen LogP contribution in [0.2, 0.25) is 0 Å². The molecule has 6 nitrogen and oxygen atoms in total. The molecule has 3 N–H and O–H groups in total. The van der Waals surface area contributed by atoms with Crippen molar-refractivity contribution in [2.75, 3.05) is 37.6 Å². The van der Waals surface area contributed by atoms with Gasteiger partial charge in [0, 0.05) is 31.9 Å². The van der Waals surface area contributed by atoms with Crippen LogP contribution in [0, 0.1) is 6.92 Å². The van der Waals surface area contributed by atoms with E-state index in [4.69, 9.17) is 0 Å². The average Bonchev–Trinajstić information content (AvgIpc) is 2.50. The predicted octanol–water partition coefficient (Wildman–Crippen LogP) is 1.26. The number of nitrogens with zero attached hydrogens (tertiary/aromatic N) is 1. The highest BCUT2D eigenvalue weighted by atomic mass is 16.2. The first-order chi connectivity index (χ1) is 10.6. The molecular formula is C16H26N4O2. The lowest BCUT2D eigenvalue weighted by Gasteiger charge is -2.23. The van der Waals surface area contributed by atoms with Gasteiger partial charge in [-0.2, -0.15) is 0 Å². The fourth-order valence-electron chi connectivity index (χ4n) is 2.08. The van der Waals surface area contributed by atoms with Crippen LogP contribution in [0.3, 0.4) is 0 Å². The van der Waals surface area contributed by atoms with Crippen molar-refractivity contribution < 1.29 is 9.59 Å². The van der Waals surface area contributed by atoms with Crippen LogP contribution in [-0.4, -0.2) is 44.7 Å². The van der Waals surface area contributed by atoms with Crippen LogP contribution in [0.15, 0.2) is 24.3 Å². The Morgan fingerprint density at radius 1 is 1.14 bits per heavy atom. The maximum absolute atomic E-state index is 11.6. The van der Waals surface area contributed by atoms with Crippen molar-refractivity contribution in [3.05, 3.63) is 29.8 Å². The first-order valence-electron chi connectivity index (χ1n) is 7.66. The van der Waals surface area contributed by atoms with Crippen LogP contribution < -0.4 is 20.9 Å². The molecule has 3 amide bonds. The number of hydrogen-bond donors (Lipinski definition) is 3. The van der Waals surface area contributed by atoms with Crippen molar-refractivity contribution >= 4 is 17.6 Å². The fourth-order valence-corrected chi connectivity index (χ4v) is 2.08. The number of amides is 3. The number of carbonyl (C=O) groups excluding carboxylic acids is 2. The van der Waals surface area contributed by atoms with E-state index in [2.05, 4.69) is 52.9 Å². The summed E-state index contributed by atoms with van der Waals surface area (Å²) in [6.45, 7) is 8.63. The summed E-state index contributed by atoms with van der Waals surface area (Å²) in [5, 5.41) is 7.91. The van der Waals surface area contributed by atoms with E-state index in [-0.39, 0.29) is 18.5 Å². The van der Waals surface area contributed by atoms with Gasteiger partial charge in [0.25, 0.3) is 0 Å². The smallest absolute Gasteiger partial charge is 0.315 e. The molecule has 0 aliphatic heterocycles. The number of rotatable bonds is 8. The highest BCUT2D eigenvalue weighted by Gasteiger charge is 2.06. The molecule has 1 aromatic carbocycles. The van der Waals surface area contributed by atoms with Gasteiger partial charge in [0.2, 0.25) is 5.91 Å². The number of aryl methyl sites for hydroxylation is 1. The van der Waals surface area contributed by atoms with Crippen LogP contribution in [0.4, 0.5) is 10.5 Å². The van der Waals surface area contributed by atoms with Gasteiger partial charge >= 0.3 is 6.03 Å². The summed E-state index contributed by atoms with van der Waals surface area (Å²) in [4.78, 5) is 25.0. The normalized spacial score (nSPS) is 9.95. The lowest BCUT2D eigenvalue weighted by Crippen LogP contribution is -2.44. The Balaban J connectivity index is 2.32. The Morgan fingerprint density at radius 2 is 1.91 bits per heavy atom. The molecule has 0 saturated carbocycles. The molecule has 122 valence electrons. The van der Waals surface area contributed by atoms with Gasteiger partial charge in [-0.1, -0.05) is 12.1 Å². The lowest BCUT2D eigenvalue weighted by molar-refractivity contribution is -0.119. The second-order valence-corrected chi connectivity index (χ2v) is 4.98. The van der Waals surface area contributed by atoms with Crippen LogP contribution in [-0.2, 0) is 4.79 Å². The first kappa shape index (κ1) is 17.8. The standard InChI is InChI=1S/C16H26N4O2/c1-4-17-15(21)12-19-16(22)18-9-10-20(5-2)14-8-6-7-13(3)11-14/h6-8,11H,4-5,9-10,12H2,1-3H3,(H,17,21)(H2,18,19,22). The third-order valence-electron chi connectivity index (χ3n) is 3.20. The van der Waals surface area contributed by atoms with Gasteiger partial charge in [-0.3, -0.25) is 4.79 Å². The molecule has 0 atom stereocenters. The number of carbonyl (C=O) groups is 2. The summed E-state index contributed by atoms with van der Waals surface area (Å²) in [6, 6.07) is 7.95. The van der Waals surface area contributed by atoms with Crippen molar-refractivity contribution in [2.24, 2.45) is 0 Å². The zero-order valence-electron chi connectivity index (χ0n) is 13.6. The molecule has 0 saturated heterocycles. The summed E-state index contributed by atoms with van der Waals surface area (Å²) in [5.74, 6) is -0.187. The zero-order chi connectivity index (χ0) is 16.4. The number of benzene rings is 1. The van der Waals surface area contributed by atoms with Gasteiger partial charge in [0.15, 0.2) is 0 Å². The molecule has 0 aliphatic rings. The van der Waals surface area contributed by atoms with E-state index in [0.29, 0.717) is 19.6 Å². The molecule has 22 heavy (non-hydrogen) atoms. The van der Waals surface area contributed by atoms with Gasteiger partial charge in [-0.25, -0.2) is 4.79 Å². The van der Waals surface area contributed by atoms with E-state index in [1.54, 1.807) is 0 Å². The number of nitrogens with one attached hydrogen (secondary N) is 3. The Labute approximate surface area is 132 Å². The molecule has 0 fully saturated rings. The van der Waals surface area contributed by atoms with E-state index >= 15 is 0 Å². The van der Waals surface area contributed by atoms with Gasteiger partial charge in [0.05, 0.1) is 6.54 Å². The summed E-state index contributed by atoms with van der Waals surface area (Å²) in [5.41, 5.74) is 2.36. The molecule has 1 aromatic rings. The van der Waals surface area contributed by atoms with Crippen LogP contribution >= 0.6 is 0 Å². The summed E-state index contributed by atoms with van der Waals surface area (Å²) >= 11 is 0. The minimum atomic E-state index is -0.327. The quantitative estimate of drug-likeness (QED) is 0.677. The van der Waals surface area contributed by atoms with Gasteiger partial charge in [0.1, 0.15) is 0 Å². The Morgan fingerprint density at radius 3 is 2.55 bits per heavy atom. The van der Waals surface area contributed by atoms with Crippen molar-refractivity contribution in [3.8, 4) is 0 Å². The van der Waals surface area contributed by atoms with Gasteiger partial charge < -0.3 is 20.9 Å². The highest BCUT2D eigenvalue weighted by molar-refractivity contribution is 5.83. The zero-order valence-corrected chi connectivity index (χ0v) is 13.6. The molecule has 0 aromatic heterocycles.